The van der Waals surface area contributed by atoms with Crippen LogP contribution in [0, 0.1) is 5.82 Å². The molecule has 2 nitrogen and oxygen atoms in total. The van der Waals surface area contributed by atoms with E-state index in [0.29, 0.717) is 18.2 Å². The lowest BCUT2D eigenvalue weighted by atomic mass is 9.98. The summed E-state index contributed by atoms with van der Waals surface area (Å²) in [6.45, 7) is 2.84. The average Bonchev–Trinajstić information content (AvgIpc) is 2.42. The van der Waals surface area contributed by atoms with Crippen LogP contribution >= 0.6 is 0 Å². The van der Waals surface area contributed by atoms with Gasteiger partial charge in [-0.3, -0.25) is 0 Å². The molecule has 2 rings (SSSR count). The normalized spacial score (nSPS) is 12.2. The molecule has 100 valence electrons. The van der Waals surface area contributed by atoms with Crippen molar-refractivity contribution in [3.8, 4) is 11.5 Å². The Morgan fingerprint density at radius 1 is 1.00 bits per heavy atom. The summed E-state index contributed by atoms with van der Waals surface area (Å²) in [6, 6.07) is 13.9. The Hall–Kier alpha value is -1.87. The van der Waals surface area contributed by atoms with Crippen molar-refractivity contribution in [3.05, 3.63) is 59.9 Å². The minimum atomic E-state index is -0.265. The Bertz CT molecular complexity index is 507. The molecule has 0 amide bonds. The van der Waals surface area contributed by atoms with Gasteiger partial charge in [-0.25, -0.2) is 4.39 Å². The van der Waals surface area contributed by atoms with Crippen LogP contribution in [-0.4, -0.2) is 6.54 Å². The molecule has 0 aliphatic carbocycles. The van der Waals surface area contributed by atoms with Crippen molar-refractivity contribution in [2.75, 3.05) is 6.54 Å². The summed E-state index contributed by atoms with van der Waals surface area (Å²) in [5, 5.41) is 0. The summed E-state index contributed by atoms with van der Waals surface area (Å²) in [7, 11) is 0. The van der Waals surface area contributed by atoms with Crippen LogP contribution in [0.25, 0.3) is 0 Å². The van der Waals surface area contributed by atoms with E-state index in [1.165, 1.54) is 17.7 Å². The SMILES string of the molecule is CC(CCN)c1ccc(Oc2ccc(F)cc2)cc1. The van der Waals surface area contributed by atoms with Gasteiger partial charge in [0.15, 0.2) is 0 Å². The molecule has 0 fully saturated rings. The molecule has 19 heavy (non-hydrogen) atoms. The highest BCUT2D eigenvalue weighted by Gasteiger charge is 2.05. The predicted molar refractivity (Wildman–Crippen MR) is 75.0 cm³/mol. The molecule has 2 aromatic rings. The number of halogens is 1. The van der Waals surface area contributed by atoms with E-state index in [1.807, 2.05) is 24.3 Å². The fraction of sp³-hybridized carbons (Fsp3) is 0.250. The van der Waals surface area contributed by atoms with Crippen molar-refractivity contribution in [3.63, 3.8) is 0 Å². The Kier molecular flexibility index (Phi) is 4.53. The van der Waals surface area contributed by atoms with Crippen molar-refractivity contribution in [2.24, 2.45) is 5.73 Å². The molecule has 2 aromatic carbocycles. The molecular weight excluding hydrogens is 241 g/mol. The van der Waals surface area contributed by atoms with Gasteiger partial charge in [0, 0.05) is 0 Å². The molecule has 0 spiro atoms. The molecule has 1 unspecified atom stereocenters. The van der Waals surface area contributed by atoms with Gasteiger partial charge in [0.05, 0.1) is 0 Å². The topological polar surface area (TPSA) is 35.2 Å². The number of rotatable bonds is 5. The Balaban J connectivity index is 2.04. The van der Waals surface area contributed by atoms with Crippen molar-refractivity contribution in [1.29, 1.82) is 0 Å². The van der Waals surface area contributed by atoms with Gasteiger partial charge in [-0.2, -0.15) is 0 Å². The Morgan fingerprint density at radius 3 is 2.05 bits per heavy atom. The van der Waals surface area contributed by atoms with Crippen molar-refractivity contribution in [2.45, 2.75) is 19.3 Å². The zero-order valence-electron chi connectivity index (χ0n) is 11.0. The standard InChI is InChI=1S/C16H18FNO/c1-12(10-11-18)13-2-6-15(7-3-13)19-16-8-4-14(17)5-9-16/h2-9,12H,10-11,18H2,1H3. The molecular formula is C16H18FNO. The molecule has 3 heteroatoms. The maximum absolute atomic E-state index is 12.8. The first-order valence-corrected chi connectivity index (χ1v) is 6.42. The van der Waals surface area contributed by atoms with Crippen LogP contribution in [0.2, 0.25) is 0 Å². The predicted octanol–water partition coefficient (Wildman–Crippen LogP) is 4.07. The zero-order chi connectivity index (χ0) is 13.7. The molecule has 0 aromatic heterocycles. The fourth-order valence-corrected chi connectivity index (χ4v) is 1.92. The van der Waals surface area contributed by atoms with Crippen molar-refractivity contribution in [1.82, 2.24) is 0 Å². The van der Waals surface area contributed by atoms with Crippen LogP contribution in [0.3, 0.4) is 0 Å². The van der Waals surface area contributed by atoms with Crippen molar-refractivity contribution >= 4 is 0 Å². The van der Waals surface area contributed by atoms with Crippen LogP contribution in [0.4, 0.5) is 4.39 Å². The Labute approximate surface area is 113 Å². The third kappa shape index (κ3) is 3.80. The highest BCUT2D eigenvalue weighted by molar-refractivity contribution is 5.34. The molecule has 0 aliphatic heterocycles. The Morgan fingerprint density at radius 2 is 1.53 bits per heavy atom. The highest BCUT2D eigenvalue weighted by atomic mass is 19.1. The first-order chi connectivity index (χ1) is 9.19. The minimum absolute atomic E-state index is 0.265. The van der Waals surface area contributed by atoms with Gasteiger partial charge >= 0.3 is 0 Å². The molecule has 0 heterocycles. The molecule has 0 saturated carbocycles. The summed E-state index contributed by atoms with van der Waals surface area (Å²) in [6.07, 6.45) is 0.970. The van der Waals surface area contributed by atoms with E-state index in [-0.39, 0.29) is 5.82 Å². The van der Waals surface area contributed by atoms with Gasteiger partial charge < -0.3 is 10.5 Å². The molecule has 2 N–H and O–H groups in total. The number of nitrogens with two attached hydrogens (primary N) is 1. The summed E-state index contributed by atoms with van der Waals surface area (Å²) in [4.78, 5) is 0. The summed E-state index contributed by atoms with van der Waals surface area (Å²) >= 11 is 0. The van der Waals surface area contributed by atoms with E-state index in [9.17, 15) is 4.39 Å². The van der Waals surface area contributed by atoms with E-state index in [2.05, 4.69) is 6.92 Å². The maximum Gasteiger partial charge on any atom is 0.127 e. The molecule has 0 aliphatic rings. The molecule has 1 atom stereocenters. The van der Waals surface area contributed by atoms with Gasteiger partial charge in [-0.15, -0.1) is 0 Å². The highest BCUT2D eigenvalue weighted by Crippen LogP contribution is 2.25. The van der Waals surface area contributed by atoms with Crippen LogP contribution in [0.5, 0.6) is 11.5 Å². The van der Waals surface area contributed by atoms with Crippen LogP contribution in [0.1, 0.15) is 24.8 Å². The van der Waals surface area contributed by atoms with E-state index in [1.54, 1.807) is 12.1 Å². The largest absolute Gasteiger partial charge is 0.457 e. The second kappa shape index (κ2) is 6.34. The first kappa shape index (κ1) is 13.6. The van der Waals surface area contributed by atoms with E-state index < -0.39 is 0 Å². The zero-order valence-corrected chi connectivity index (χ0v) is 11.0. The van der Waals surface area contributed by atoms with Gasteiger partial charge in [0.1, 0.15) is 17.3 Å². The van der Waals surface area contributed by atoms with Gasteiger partial charge in [-0.05, 0) is 60.8 Å². The number of hydrogen-bond donors (Lipinski definition) is 1. The molecule has 0 saturated heterocycles. The summed E-state index contributed by atoms with van der Waals surface area (Å²) in [5.74, 6) is 1.56. The third-order valence-electron chi connectivity index (χ3n) is 3.10. The van der Waals surface area contributed by atoms with E-state index in [4.69, 9.17) is 10.5 Å². The van der Waals surface area contributed by atoms with Crippen molar-refractivity contribution < 1.29 is 9.13 Å². The average molecular weight is 259 g/mol. The third-order valence-corrected chi connectivity index (χ3v) is 3.10. The lowest BCUT2D eigenvalue weighted by Crippen LogP contribution is -2.04. The van der Waals surface area contributed by atoms with Gasteiger partial charge in [0.25, 0.3) is 0 Å². The number of benzene rings is 2. The number of ether oxygens (including phenoxy) is 1. The monoisotopic (exact) mass is 259 g/mol. The maximum atomic E-state index is 12.8. The summed E-state index contributed by atoms with van der Waals surface area (Å²) in [5.41, 5.74) is 6.80. The lowest BCUT2D eigenvalue weighted by Gasteiger charge is -2.11. The smallest absolute Gasteiger partial charge is 0.127 e. The quantitative estimate of drug-likeness (QED) is 0.878. The molecule has 0 bridgehead atoms. The molecule has 0 radical (unpaired) electrons. The first-order valence-electron chi connectivity index (χ1n) is 6.42. The van der Waals surface area contributed by atoms with Gasteiger partial charge in [-0.1, -0.05) is 19.1 Å². The van der Waals surface area contributed by atoms with E-state index >= 15 is 0 Å². The number of hydrogen-bond acceptors (Lipinski definition) is 2. The summed E-state index contributed by atoms with van der Waals surface area (Å²) < 4.78 is 18.4. The van der Waals surface area contributed by atoms with Crippen LogP contribution < -0.4 is 10.5 Å². The second-order valence-corrected chi connectivity index (χ2v) is 4.60. The van der Waals surface area contributed by atoms with Gasteiger partial charge in [0.2, 0.25) is 0 Å². The van der Waals surface area contributed by atoms with Crippen LogP contribution in [0.15, 0.2) is 48.5 Å². The van der Waals surface area contributed by atoms with Crippen LogP contribution in [-0.2, 0) is 0 Å². The van der Waals surface area contributed by atoms with E-state index in [0.717, 1.165) is 12.2 Å². The second-order valence-electron chi connectivity index (χ2n) is 4.60. The fourth-order valence-electron chi connectivity index (χ4n) is 1.92. The minimum Gasteiger partial charge on any atom is -0.457 e. The lowest BCUT2D eigenvalue weighted by molar-refractivity contribution is 0.480.